The van der Waals surface area contributed by atoms with Crippen LogP contribution in [-0.2, 0) is 31.5 Å². The Kier molecular flexibility index (Phi) is 8.67. The largest absolute Gasteiger partial charge is 0.379 e. The zero-order chi connectivity index (χ0) is 28.2. The fourth-order valence-electron chi connectivity index (χ4n) is 3.92. The van der Waals surface area contributed by atoms with E-state index in [1.54, 1.807) is 18.2 Å². The third-order valence-electron chi connectivity index (χ3n) is 6.12. The maximum atomic E-state index is 14.5. The van der Waals surface area contributed by atoms with Crippen LogP contribution in [0.25, 0.3) is 0 Å². The monoisotopic (exact) mass is 576 g/mol. The molecule has 13 heteroatoms. The zero-order valence-electron chi connectivity index (χ0n) is 21.4. The van der Waals surface area contributed by atoms with E-state index in [0.29, 0.717) is 30.0 Å². The first-order chi connectivity index (χ1) is 18.5. The number of hydrogen-bond acceptors (Lipinski definition) is 6. The Bertz CT molecular complexity index is 1520. The van der Waals surface area contributed by atoms with E-state index >= 15 is 0 Å². The van der Waals surface area contributed by atoms with Gasteiger partial charge < -0.3 is 10.1 Å². The summed E-state index contributed by atoms with van der Waals surface area (Å²) in [5.41, 5.74) is 1.16. The Labute approximate surface area is 227 Å². The van der Waals surface area contributed by atoms with Gasteiger partial charge in [0.15, 0.2) is 0 Å². The van der Waals surface area contributed by atoms with Crippen molar-refractivity contribution in [3.63, 3.8) is 0 Å². The number of anilines is 2. The summed E-state index contributed by atoms with van der Waals surface area (Å²) in [6.45, 7) is 1.12. The van der Waals surface area contributed by atoms with Crippen LogP contribution in [0, 0.1) is 5.82 Å². The molecule has 1 N–H and O–H groups in total. The van der Waals surface area contributed by atoms with E-state index in [-0.39, 0.29) is 30.2 Å². The average Bonchev–Trinajstić information content (AvgIpc) is 2.93. The second kappa shape index (κ2) is 11.8. The normalized spacial score (nSPS) is 14.8. The minimum Gasteiger partial charge on any atom is -0.379 e. The van der Waals surface area contributed by atoms with Crippen molar-refractivity contribution in [1.29, 1.82) is 0 Å². The van der Waals surface area contributed by atoms with Crippen LogP contribution >= 0.6 is 0 Å². The van der Waals surface area contributed by atoms with E-state index < -0.39 is 32.0 Å². The van der Waals surface area contributed by atoms with E-state index in [4.69, 9.17) is 4.74 Å². The first-order valence-corrected chi connectivity index (χ1v) is 14.9. The number of benzene rings is 3. The molecule has 0 aromatic heterocycles. The number of para-hydroxylation sites is 1. The lowest BCUT2D eigenvalue weighted by atomic mass is 10.1. The number of rotatable bonds is 9. The number of morpholine rings is 1. The molecule has 0 unspecified atom stereocenters. The van der Waals surface area contributed by atoms with Crippen LogP contribution < -0.4 is 9.62 Å². The van der Waals surface area contributed by atoms with Crippen molar-refractivity contribution in [1.82, 2.24) is 8.61 Å². The van der Waals surface area contributed by atoms with Crippen LogP contribution in [-0.4, -0.2) is 71.8 Å². The fraction of sp³-hybridized carbons (Fsp3) is 0.269. The molecule has 1 amide bonds. The molecular weight excluding hydrogens is 547 g/mol. The van der Waals surface area contributed by atoms with Crippen LogP contribution in [0.2, 0.25) is 0 Å². The van der Waals surface area contributed by atoms with E-state index in [1.165, 1.54) is 73.0 Å². The lowest BCUT2D eigenvalue weighted by Crippen LogP contribution is -2.40. The van der Waals surface area contributed by atoms with Crippen molar-refractivity contribution in [3.8, 4) is 0 Å². The molecule has 0 atom stereocenters. The van der Waals surface area contributed by atoms with Crippen LogP contribution in [0.4, 0.5) is 15.8 Å². The van der Waals surface area contributed by atoms with E-state index in [1.807, 2.05) is 0 Å². The van der Waals surface area contributed by atoms with E-state index in [0.717, 1.165) is 8.61 Å². The van der Waals surface area contributed by atoms with Crippen LogP contribution in [0.3, 0.4) is 0 Å². The molecule has 3 aromatic rings. The van der Waals surface area contributed by atoms with Crippen molar-refractivity contribution < 1.29 is 30.8 Å². The minimum atomic E-state index is -4.01. The first-order valence-electron chi connectivity index (χ1n) is 12.0. The second-order valence-electron chi connectivity index (χ2n) is 8.94. The second-order valence-corrected chi connectivity index (χ2v) is 12.9. The van der Waals surface area contributed by atoms with Gasteiger partial charge in [-0.1, -0.05) is 24.3 Å². The van der Waals surface area contributed by atoms with Crippen molar-refractivity contribution in [2.75, 3.05) is 50.0 Å². The average molecular weight is 577 g/mol. The number of sulfonamides is 1. The summed E-state index contributed by atoms with van der Waals surface area (Å²) in [5, 5.41) is 2.72. The molecule has 1 fully saturated rings. The van der Waals surface area contributed by atoms with Gasteiger partial charge in [0.1, 0.15) is 5.82 Å². The van der Waals surface area contributed by atoms with Gasteiger partial charge in [-0.05, 0) is 54.1 Å². The molecule has 1 saturated heterocycles. The summed E-state index contributed by atoms with van der Waals surface area (Å²) >= 11 is 0. The molecule has 10 nitrogen and oxygen atoms in total. The third kappa shape index (κ3) is 6.45. The fourth-order valence-corrected chi connectivity index (χ4v) is 6.43. The highest BCUT2D eigenvalue weighted by atomic mass is 32.2. The smallest absolute Gasteiger partial charge is 0.303 e. The highest BCUT2D eigenvalue weighted by molar-refractivity contribution is 7.90. The van der Waals surface area contributed by atoms with E-state index in [9.17, 15) is 26.0 Å². The number of nitrogens with zero attached hydrogens (tertiary/aromatic N) is 3. The number of nitrogens with one attached hydrogen (secondary N) is 1. The Morgan fingerprint density at radius 3 is 2.13 bits per heavy atom. The van der Waals surface area contributed by atoms with Gasteiger partial charge in [-0.2, -0.15) is 17.0 Å². The van der Waals surface area contributed by atoms with Gasteiger partial charge >= 0.3 is 10.2 Å². The summed E-state index contributed by atoms with van der Waals surface area (Å²) < 4.78 is 74.4. The Hall–Kier alpha value is -3.36. The molecule has 1 aliphatic heterocycles. The van der Waals surface area contributed by atoms with Gasteiger partial charge in [0.25, 0.3) is 5.91 Å². The lowest BCUT2D eigenvalue weighted by Gasteiger charge is -2.27. The number of halogens is 1. The van der Waals surface area contributed by atoms with Crippen molar-refractivity contribution in [2.45, 2.75) is 11.4 Å². The molecule has 0 radical (unpaired) electrons. The number of amides is 1. The maximum absolute atomic E-state index is 14.5. The highest BCUT2D eigenvalue weighted by Crippen LogP contribution is 2.26. The van der Waals surface area contributed by atoms with Gasteiger partial charge in [0, 0.05) is 38.4 Å². The summed E-state index contributed by atoms with van der Waals surface area (Å²) in [7, 11) is -4.93. The minimum absolute atomic E-state index is 0.0906. The van der Waals surface area contributed by atoms with Crippen molar-refractivity contribution in [3.05, 3.63) is 89.7 Å². The topological polar surface area (TPSA) is 116 Å². The SMILES string of the molecule is CN(C)S(=O)(=O)N(Cc1ccc(C(=O)Nc2ccc(S(=O)(=O)N3CCOCC3)cc2)cc1)c1ccccc1F. The molecule has 1 heterocycles. The third-order valence-corrected chi connectivity index (χ3v) is 9.84. The summed E-state index contributed by atoms with van der Waals surface area (Å²) in [4.78, 5) is 12.9. The van der Waals surface area contributed by atoms with Crippen LogP contribution in [0.15, 0.2) is 77.7 Å². The molecule has 0 aliphatic carbocycles. The molecule has 3 aromatic carbocycles. The Balaban J connectivity index is 1.46. The predicted molar refractivity (Wildman–Crippen MR) is 146 cm³/mol. The van der Waals surface area contributed by atoms with Crippen molar-refractivity contribution in [2.24, 2.45) is 0 Å². The Morgan fingerprint density at radius 1 is 0.923 bits per heavy atom. The number of hydrogen-bond donors (Lipinski definition) is 1. The molecule has 208 valence electrons. The molecule has 4 rings (SSSR count). The molecule has 1 aliphatic rings. The van der Waals surface area contributed by atoms with Gasteiger partial charge in [0.05, 0.1) is 30.3 Å². The number of carbonyl (C=O) groups is 1. The van der Waals surface area contributed by atoms with Gasteiger partial charge in [-0.3, -0.25) is 9.10 Å². The van der Waals surface area contributed by atoms with E-state index in [2.05, 4.69) is 5.32 Å². The van der Waals surface area contributed by atoms with Crippen molar-refractivity contribution >= 4 is 37.5 Å². The summed E-state index contributed by atoms with van der Waals surface area (Å²) in [6.07, 6.45) is 0. The molecule has 0 spiro atoms. The van der Waals surface area contributed by atoms with Crippen LogP contribution in [0.1, 0.15) is 15.9 Å². The van der Waals surface area contributed by atoms with Gasteiger partial charge in [-0.15, -0.1) is 0 Å². The lowest BCUT2D eigenvalue weighted by molar-refractivity contribution is 0.0730. The molecular formula is C26H29FN4O6S2. The van der Waals surface area contributed by atoms with Crippen LogP contribution in [0.5, 0.6) is 0 Å². The summed E-state index contributed by atoms with van der Waals surface area (Å²) in [6, 6.07) is 17.7. The molecule has 0 saturated carbocycles. The van der Waals surface area contributed by atoms with Gasteiger partial charge in [0.2, 0.25) is 10.0 Å². The zero-order valence-corrected chi connectivity index (χ0v) is 23.1. The standard InChI is InChI=1S/C26H29FN4O6S2/c1-29(2)39(35,36)31(25-6-4-3-5-24(25)27)19-20-7-9-21(10-8-20)26(32)28-22-11-13-23(14-12-22)38(33,34)30-15-17-37-18-16-30/h3-14H,15-19H2,1-2H3,(H,28,32). The maximum Gasteiger partial charge on any atom is 0.303 e. The highest BCUT2D eigenvalue weighted by Gasteiger charge is 2.28. The Morgan fingerprint density at radius 2 is 1.54 bits per heavy atom. The predicted octanol–water partition coefficient (Wildman–Crippen LogP) is 2.91. The number of carbonyl (C=O) groups excluding carboxylic acids is 1. The molecule has 39 heavy (non-hydrogen) atoms. The number of ether oxygens (including phenoxy) is 1. The van der Waals surface area contributed by atoms with Gasteiger partial charge in [-0.25, -0.2) is 12.8 Å². The molecule has 0 bridgehead atoms. The quantitative estimate of drug-likeness (QED) is 0.419. The first kappa shape index (κ1) is 28.6. The summed E-state index contributed by atoms with van der Waals surface area (Å²) in [5.74, 6) is -1.11.